The number of hydrogen-bond acceptors (Lipinski definition) is 7. The van der Waals surface area contributed by atoms with Crippen molar-refractivity contribution in [2.75, 3.05) is 26.3 Å². The standard InChI is InChI=1S/C18H20N4O3S2/c23-27(24,17-3-1-2-16-18(17)21-26-20-16)19-12-14-4-6-15(7-5-14)13-22-8-10-25-11-9-22/h1-7,19H,8-13H2. The molecule has 0 unspecified atom stereocenters. The van der Waals surface area contributed by atoms with Gasteiger partial charge in [0.25, 0.3) is 0 Å². The number of nitrogens with one attached hydrogen (secondary N) is 1. The molecule has 142 valence electrons. The van der Waals surface area contributed by atoms with Gasteiger partial charge >= 0.3 is 0 Å². The van der Waals surface area contributed by atoms with Crippen molar-refractivity contribution in [2.45, 2.75) is 18.0 Å². The first kappa shape index (κ1) is 18.5. The Kier molecular flexibility index (Phi) is 5.46. The van der Waals surface area contributed by atoms with Gasteiger partial charge in [-0.05, 0) is 23.3 Å². The minimum atomic E-state index is -3.66. The highest BCUT2D eigenvalue weighted by Crippen LogP contribution is 2.21. The first-order chi connectivity index (χ1) is 13.1. The van der Waals surface area contributed by atoms with Crippen molar-refractivity contribution in [3.8, 4) is 0 Å². The molecule has 1 aromatic heterocycles. The molecule has 7 nitrogen and oxygen atoms in total. The van der Waals surface area contributed by atoms with Gasteiger partial charge in [-0.3, -0.25) is 4.90 Å². The van der Waals surface area contributed by atoms with Gasteiger partial charge in [-0.25, -0.2) is 13.1 Å². The van der Waals surface area contributed by atoms with Crippen LogP contribution >= 0.6 is 11.7 Å². The monoisotopic (exact) mass is 404 g/mol. The Hall–Kier alpha value is -1.91. The van der Waals surface area contributed by atoms with E-state index < -0.39 is 10.0 Å². The van der Waals surface area contributed by atoms with Gasteiger partial charge in [0.1, 0.15) is 15.9 Å². The third-order valence-corrected chi connectivity index (χ3v) is 6.51. The van der Waals surface area contributed by atoms with E-state index in [2.05, 4.69) is 18.4 Å². The van der Waals surface area contributed by atoms with Gasteiger partial charge in [-0.2, -0.15) is 8.75 Å². The summed E-state index contributed by atoms with van der Waals surface area (Å²) >= 11 is 1.01. The van der Waals surface area contributed by atoms with Crippen LogP contribution in [-0.2, 0) is 27.8 Å². The lowest BCUT2D eigenvalue weighted by Gasteiger charge is -2.26. The second kappa shape index (κ2) is 7.99. The zero-order valence-electron chi connectivity index (χ0n) is 14.7. The maximum Gasteiger partial charge on any atom is 0.243 e. The number of aromatic nitrogens is 2. The van der Waals surface area contributed by atoms with Crippen LogP contribution in [0.25, 0.3) is 11.0 Å². The van der Waals surface area contributed by atoms with E-state index in [9.17, 15) is 8.42 Å². The van der Waals surface area contributed by atoms with Gasteiger partial charge in [-0.1, -0.05) is 30.3 Å². The molecule has 1 saturated heterocycles. The van der Waals surface area contributed by atoms with Crippen molar-refractivity contribution in [3.05, 3.63) is 53.6 Å². The maximum absolute atomic E-state index is 12.7. The van der Waals surface area contributed by atoms with Crippen LogP contribution in [0.2, 0.25) is 0 Å². The Morgan fingerprint density at radius 3 is 2.56 bits per heavy atom. The molecule has 1 aliphatic heterocycles. The summed E-state index contributed by atoms with van der Waals surface area (Å²) in [5, 5.41) is 0. The lowest BCUT2D eigenvalue weighted by Crippen LogP contribution is -2.35. The zero-order chi connectivity index (χ0) is 18.7. The highest BCUT2D eigenvalue weighted by atomic mass is 32.2. The molecule has 1 aliphatic rings. The maximum atomic E-state index is 12.7. The largest absolute Gasteiger partial charge is 0.379 e. The molecule has 3 aromatic rings. The summed E-state index contributed by atoms with van der Waals surface area (Å²) in [4.78, 5) is 2.52. The molecule has 1 N–H and O–H groups in total. The second-order valence-corrected chi connectivity index (χ2v) is 8.68. The topological polar surface area (TPSA) is 84.4 Å². The van der Waals surface area contributed by atoms with E-state index in [1.54, 1.807) is 18.2 Å². The van der Waals surface area contributed by atoms with Crippen molar-refractivity contribution >= 4 is 32.8 Å². The Labute approximate surface area is 162 Å². The molecule has 0 bridgehead atoms. The molecule has 2 aromatic carbocycles. The van der Waals surface area contributed by atoms with Crippen LogP contribution in [0.5, 0.6) is 0 Å². The summed E-state index contributed by atoms with van der Waals surface area (Å²) in [6.07, 6.45) is 0. The zero-order valence-corrected chi connectivity index (χ0v) is 16.3. The van der Waals surface area contributed by atoms with E-state index in [-0.39, 0.29) is 11.4 Å². The molecule has 0 atom stereocenters. The predicted molar refractivity (Wildman–Crippen MR) is 104 cm³/mol. The Balaban J connectivity index is 1.41. The molecular weight excluding hydrogens is 384 g/mol. The van der Waals surface area contributed by atoms with E-state index in [0.29, 0.717) is 11.0 Å². The molecule has 0 radical (unpaired) electrons. The SMILES string of the molecule is O=S(=O)(NCc1ccc(CN2CCOCC2)cc1)c1cccc2nsnc12. The van der Waals surface area contributed by atoms with Gasteiger partial charge < -0.3 is 4.74 Å². The number of fused-ring (bicyclic) bond motifs is 1. The van der Waals surface area contributed by atoms with Crippen molar-refractivity contribution < 1.29 is 13.2 Å². The van der Waals surface area contributed by atoms with E-state index >= 15 is 0 Å². The molecule has 0 spiro atoms. The Morgan fingerprint density at radius 1 is 1.04 bits per heavy atom. The number of benzene rings is 2. The lowest BCUT2D eigenvalue weighted by atomic mass is 10.1. The van der Waals surface area contributed by atoms with E-state index in [4.69, 9.17) is 4.74 Å². The molecule has 0 amide bonds. The molecule has 0 aliphatic carbocycles. The minimum Gasteiger partial charge on any atom is -0.379 e. The molecule has 4 rings (SSSR count). The van der Waals surface area contributed by atoms with Crippen LogP contribution in [-0.4, -0.2) is 48.4 Å². The molecule has 2 heterocycles. The first-order valence-electron chi connectivity index (χ1n) is 8.71. The molecule has 27 heavy (non-hydrogen) atoms. The fourth-order valence-corrected chi connectivity index (χ4v) is 4.82. The third kappa shape index (κ3) is 4.33. The fraction of sp³-hybridized carbons (Fsp3) is 0.333. The normalized spacial score (nSPS) is 16.0. The highest BCUT2D eigenvalue weighted by molar-refractivity contribution is 7.89. The van der Waals surface area contributed by atoms with E-state index in [1.165, 1.54) is 5.56 Å². The summed E-state index contributed by atoms with van der Waals surface area (Å²) in [5.41, 5.74) is 3.13. The van der Waals surface area contributed by atoms with Crippen LogP contribution in [0.3, 0.4) is 0 Å². The van der Waals surface area contributed by atoms with Crippen LogP contribution < -0.4 is 4.72 Å². The summed E-state index contributed by atoms with van der Waals surface area (Å²) in [6, 6.07) is 13.0. The predicted octanol–water partition coefficient (Wildman–Crippen LogP) is 2.00. The average Bonchev–Trinajstić information content (AvgIpc) is 3.17. The van der Waals surface area contributed by atoms with Crippen LogP contribution in [0.1, 0.15) is 11.1 Å². The number of rotatable bonds is 6. The molecule has 0 saturated carbocycles. The highest BCUT2D eigenvalue weighted by Gasteiger charge is 2.19. The Morgan fingerprint density at radius 2 is 1.78 bits per heavy atom. The van der Waals surface area contributed by atoms with Crippen LogP contribution in [0.4, 0.5) is 0 Å². The Bertz CT molecular complexity index is 1010. The first-order valence-corrected chi connectivity index (χ1v) is 10.9. The van der Waals surface area contributed by atoms with Gasteiger partial charge in [0.15, 0.2) is 0 Å². The summed E-state index contributed by atoms with van der Waals surface area (Å²) < 4.78 is 41.5. The van der Waals surface area contributed by atoms with Crippen molar-refractivity contribution in [1.29, 1.82) is 0 Å². The van der Waals surface area contributed by atoms with Gasteiger partial charge in [0, 0.05) is 26.2 Å². The summed E-state index contributed by atoms with van der Waals surface area (Å²) in [6.45, 7) is 4.56. The minimum absolute atomic E-state index is 0.165. The molecule has 1 fully saturated rings. The van der Waals surface area contributed by atoms with Crippen LogP contribution in [0.15, 0.2) is 47.4 Å². The van der Waals surface area contributed by atoms with Crippen molar-refractivity contribution in [1.82, 2.24) is 18.4 Å². The third-order valence-electron chi connectivity index (χ3n) is 4.54. The van der Waals surface area contributed by atoms with Gasteiger partial charge in [0.05, 0.1) is 24.9 Å². The quantitative estimate of drug-likeness (QED) is 0.677. The molecular formula is C18H20N4O3S2. The average molecular weight is 405 g/mol. The summed E-state index contributed by atoms with van der Waals surface area (Å²) in [5.74, 6) is 0. The number of sulfonamides is 1. The number of morpholine rings is 1. The lowest BCUT2D eigenvalue weighted by molar-refractivity contribution is 0.0342. The van der Waals surface area contributed by atoms with Gasteiger partial charge in [0.2, 0.25) is 10.0 Å². The van der Waals surface area contributed by atoms with Crippen molar-refractivity contribution in [3.63, 3.8) is 0 Å². The van der Waals surface area contributed by atoms with E-state index in [1.807, 2.05) is 24.3 Å². The number of hydrogen-bond donors (Lipinski definition) is 1. The van der Waals surface area contributed by atoms with E-state index in [0.717, 1.165) is 50.1 Å². The second-order valence-electron chi connectivity index (χ2n) is 6.42. The fourth-order valence-electron chi connectivity index (χ4n) is 3.03. The number of ether oxygens (including phenoxy) is 1. The molecule has 9 heteroatoms. The summed E-state index contributed by atoms with van der Waals surface area (Å²) in [7, 11) is -3.66. The van der Waals surface area contributed by atoms with Crippen molar-refractivity contribution in [2.24, 2.45) is 0 Å². The van der Waals surface area contributed by atoms with Crippen LogP contribution in [0, 0.1) is 0 Å². The smallest absolute Gasteiger partial charge is 0.243 e. The number of nitrogens with zero attached hydrogens (tertiary/aromatic N) is 3. The van der Waals surface area contributed by atoms with Gasteiger partial charge in [-0.15, -0.1) is 0 Å².